The minimum absolute atomic E-state index is 0.687. The zero-order chi connectivity index (χ0) is 7.40. The number of hydrogen-bond acceptors (Lipinski definition) is 0. The lowest BCUT2D eigenvalue weighted by molar-refractivity contribution is 0.684. The van der Waals surface area contributed by atoms with E-state index in [0.29, 0.717) is 5.92 Å². The molecule has 0 radical (unpaired) electrons. The largest absolute Gasteiger partial charge is 0.103 e. The fraction of sp³-hybridized carbons (Fsp3) is 0.400. The Morgan fingerprint density at radius 1 is 1.80 bits per heavy atom. The molecule has 0 heteroatoms. The quantitative estimate of drug-likeness (QED) is 0.520. The van der Waals surface area contributed by atoms with Crippen molar-refractivity contribution in [2.75, 3.05) is 0 Å². The van der Waals surface area contributed by atoms with Crippen molar-refractivity contribution in [1.82, 2.24) is 0 Å². The fourth-order valence-electron chi connectivity index (χ4n) is 1.23. The summed E-state index contributed by atoms with van der Waals surface area (Å²) in [6, 6.07) is 0. The Labute approximate surface area is 62.9 Å². The van der Waals surface area contributed by atoms with Crippen molar-refractivity contribution in [3.8, 4) is 0 Å². The van der Waals surface area contributed by atoms with Crippen molar-refractivity contribution in [3.63, 3.8) is 0 Å². The van der Waals surface area contributed by atoms with Crippen LogP contribution in [0.15, 0.2) is 36.5 Å². The maximum absolute atomic E-state index is 3.72. The molecule has 0 aromatic carbocycles. The second kappa shape index (κ2) is 3.40. The first-order valence-electron chi connectivity index (χ1n) is 3.81. The Kier molecular flexibility index (Phi) is 2.49. The van der Waals surface area contributed by atoms with E-state index in [0.717, 1.165) is 12.8 Å². The normalized spacial score (nSPS) is 18.7. The van der Waals surface area contributed by atoms with Gasteiger partial charge in [0.05, 0.1) is 0 Å². The Bertz CT molecular complexity index is 172. The van der Waals surface area contributed by atoms with E-state index in [1.165, 1.54) is 0 Å². The maximum Gasteiger partial charge on any atom is -0.0130 e. The van der Waals surface area contributed by atoms with E-state index >= 15 is 0 Å². The van der Waals surface area contributed by atoms with Gasteiger partial charge in [-0.25, -0.2) is 0 Å². The molecule has 1 aliphatic carbocycles. The van der Waals surface area contributed by atoms with Crippen LogP contribution in [0.1, 0.15) is 19.8 Å². The summed E-state index contributed by atoms with van der Waals surface area (Å²) in [6.07, 6.45) is 10.8. The van der Waals surface area contributed by atoms with Crippen LogP contribution in [-0.2, 0) is 0 Å². The van der Waals surface area contributed by atoms with Crippen LogP contribution in [0.5, 0.6) is 0 Å². The van der Waals surface area contributed by atoms with Crippen molar-refractivity contribution in [2.24, 2.45) is 5.92 Å². The van der Waals surface area contributed by atoms with E-state index in [1.54, 1.807) is 5.57 Å². The minimum atomic E-state index is 0.687. The third-order valence-corrected chi connectivity index (χ3v) is 1.95. The molecule has 1 atom stereocenters. The van der Waals surface area contributed by atoms with Gasteiger partial charge in [-0.15, -0.1) is 6.58 Å². The van der Waals surface area contributed by atoms with E-state index < -0.39 is 0 Å². The molecule has 0 aliphatic heterocycles. The molecule has 0 nitrogen and oxygen atoms in total. The van der Waals surface area contributed by atoms with Crippen LogP contribution >= 0.6 is 0 Å². The smallest absolute Gasteiger partial charge is 0.0130 e. The monoisotopic (exact) mass is 134 g/mol. The van der Waals surface area contributed by atoms with Gasteiger partial charge in [-0.1, -0.05) is 36.8 Å². The second-order valence-electron chi connectivity index (χ2n) is 2.80. The minimum Gasteiger partial charge on any atom is -0.103 e. The predicted octanol–water partition coefficient (Wildman–Crippen LogP) is 3.08. The molecule has 0 bridgehead atoms. The molecule has 54 valence electrons. The third kappa shape index (κ3) is 1.60. The summed E-state index contributed by atoms with van der Waals surface area (Å²) >= 11 is 0. The lowest BCUT2D eigenvalue weighted by atomic mass is 9.97. The van der Waals surface area contributed by atoms with Crippen molar-refractivity contribution in [1.29, 1.82) is 0 Å². The van der Waals surface area contributed by atoms with Crippen LogP contribution in [0.4, 0.5) is 0 Å². The van der Waals surface area contributed by atoms with E-state index in [1.807, 2.05) is 6.08 Å². The van der Waals surface area contributed by atoms with E-state index in [2.05, 4.69) is 31.7 Å². The van der Waals surface area contributed by atoms with Gasteiger partial charge in [0.2, 0.25) is 0 Å². The summed E-state index contributed by atoms with van der Waals surface area (Å²) in [5, 5.41) is 0. The van der Waals surface area contributed by atoms with Gasteiger partial charge in [0.15, 0.2) is 0 Å². The highest BCUT2D eigenvalue weighted by Crippen LogP contribution is 2.22. The molecule has 0 fully saturated rings. The van der Waals surface area contributed by atoms with Gasteiger partial charge in [-0.3, -0.25) is 0 Å². The molecule has 1 unspecified atom stereocenters. The fourth-order valence-corrected chi connectivity index (χ4v) is 1.23. The van der Waals surface area contributed by atoms with Gasteiger partial charge >= 0.3 is 0 Å². The molecule has 0 N–H and O–H groups in total. The summed E-state index contributed by atoms with van der Waals surface area (Å²) in [7, 11) is 0. The zero-order valence-electron chi connectivity index (χ0n) is 6.51. The molecule has 1 aliphatic rings. The van der Waals surface area contributed by atoms with Gasteiger partial charge < -0.3 is 0 Å². The third-order valence-electron chi connectivity index (χ3n) is 1.95. The van der Waals surface area contributed by atoms with Gasteiger partial charge in [-0.2, -0.15) is 0 Å². The van der Waals surface area contributed by atoms with E-state index in [4.69, 9.17) is 0 Å². The molecule has 10 heavy (non-hydrogen) atoms. The van der Waals surface area contributed by atoms with Crippen molar-refractivity contribution >= 4 is 0 Å². The molecule has 0 heterocycles. The Balaban J connectivity index is 2.42. The molecular formula is C10H14. The highest BCUT2D eigenvalue weighted by Gasteiger charge is 2.06. The van der Waals surface area contributed by atoms with E-state index in [-0.39, 0.29) is 0 Å². The SMILES string of the molecule is C=CCC(C)C1=CC=CC1. The highest BCUT2D eigenvalue weighted by atomic mass is 14.1. The Hall–Kier alpha value is -0.780. The number of allylic oxidation sites excluding steroid dienone is 5. The molecule has 1 rings (SSSR count). The first-order valence-corrected chi connectivity index (χ1v) is 3.81. The average Bonchev–Trinajstić information content (AvgIpc) is 2.38. The first-order chi connectivity index (χ1) is 4.84. The van der Waals surface area contributed by atoms with Gasteiger partial charge in [0.1, 0.15) is 0 Å². The van der Waals surface area contributed by atoms with Gasteiger partial charge in [0.25, 0.3) is 0 Å². The van der Waals surface area contributed by atoms with Crippen molar-refractivity contribution in [3.05, 3.63) is 36.5 Å². The number of rotatable bonds is 3. The predicted molar refractivity (Wildman–Crippen MR) is 45.8 cm³/mol. The average molecular weight is 134 g/mol. The summed E-state index contributed by atoms with van der Waals surface area (Å²) in [4.78, 5) is 0. The van der Waals surface area contributed by atoms with Crippen molar-refractivity contribution < 1.29 is 0 Å². The first kappa shape index (κ1) is 7.33. The van der Waals surface area contributed by atoms with Crippen LogP contribution in [0.25, 0.3) is 0 Å². The van der Waals surface area contributed by atoms with Gasteiger partial charge in [-0.05, 0) is 18.8 Å². The topological polar surface area (TPSA) is 0 Å². The zero-order valence-corrected chi connectivity index (χ0v) is 6.51. The van der Waals surface area contributed by atoms with Crippen molar-refractivity contribution in [2.45, 2.75) is 19.8 Å². The lowest BCUT2D eigenvalue weighted by Gasteiger charge is -2.08. The molecule has 0 spiro atoms. The molecule has 0 aromatic heterocycles. The van der Waals surface area contributed by atoms with Crippen LogP contribution < -0.4 is 0 Å². The van der Waals surface area contributed by atoms with E-state index in [9.17, 15) is 0 Å². The maximum atomic E-state index is 3.72. The summed E-state index contributed by atoms with van der Waals surface area (Å²) in [6.45, 7) is 5.97. The van der Waals surface area contributed by atoms with Gasteiger partial charge in [0, 0.05) is 0 Å². The van der Waals surface area contributed by atoms with Crippen LogP contribution in [0.2, 0.25) is 0 Å². The molecule has 0 saturated carbocycles. The summed E-state index contributed by atoms with van der Waals surface area (Å²) < 4.78 is 0. The van der Waals surface area contributed by atoms with Crippen LogP contribution in [0.3, 0.4) is 0 Å². The summed E-state index contributed by atoms with van der Waals surface area (Å²) in [5.41, 5.74) is 1.54. The highest BCUT2D eigenvalue weighted by molar-refractivity contribution is 5.24. The van der Waals surface area contributed by atoms with Crippen LogP contribution in [0, 0.1) is 5.92 Å². The lowest BCUT2D eigenvalue weighted by Crippen LogP contribution is -1.94. The summed E-state index contributed by atoms with van der Waals surface area (Å²) in [5.74, 6) is 0.687. The Morgan fingerprint density at radius 2 is 2.60 bits per heavy atom. The standard InChI is InChI=1S/C10H14/c1-3-6-9(2)10-7-4-5-8-10/h3-5,7,9H,1,6,8H2,2H3. The molecule has 0 amide bonds. The molecule has 0 saturated heterocycles. The number of hydrogen-bond donors (Lipinski definition) is 0. The molecular weight excluding hydrogens is 120 g/mol. The Morgan fingerprint density at radius 3 is 3.10 bits per heavy atom. The molecule has 0 aromatic rings. The van der Waals surface area contributed by atoms with Crippen LogP contribution in [-0.4, -0.2) is 0 Å². The second-order valence-corrected chi connectivity index (χ2v) is 2.80.